The predicted octanol–water partition coefficient (Wildman–Crippen LogP) is 0.846. The summed E-state index contributed by atoms with van der Waals surface area (Å²) in [5, 5.41) is 8.32. The molecular formula is C5H7BrO2. The second-order valence-electron chi connectivity index (χ2n) is 1.36. The molecule has 0 rings (SSSR count). The summed E-state index contributed by atoms with van der Waals surface area (Å²) in [4.78, 5) is 10.2. The maximum atomic E-state index is 10.2. The first kappa shape index (κ1) is 7.85. The minimum atomic E-state index is -0.112. The molecule has 0 saturated carbocycles. The Hall–Kier alpha value is -0.150. The van der Waals surface area contributed by atoms with Gasteiger partial charge in [-0.2, -0.15) is 0 Å². The number of aliphatic hydroxyl groups is 1. The lowest BCUT2D eigenvalue weighted by atomic mass is 10.4. The zero-order valence-corrected chi connectivity index (χ0v) is 6.10. The Morgan fingerprint density at radius 2 is 2.38 bits per heavy atom. The second kappa shape index (κ2) is 3.80. The zero-order valence-electron chi connectivity index (χ0n) is 4.52. The Bertz CT molecular complexity index is 118. The van der Waals surface area contributed by atoms with Crippen LogP contribution in [0.2, 0.25) is 0 Å². The molecule has 0 aliphatic heterocycles. The molecule has 0 bridgehead atoms. The van der Waals surface area contributed by atoms with Gasteiger partial charge in [0.2, 0.25) is 0 Å². The average Bonchev–Trinajstić information content (AvgIpc) is 1.65. The van der Waals surface area contributed by atoms with E-state index in [1.54, 1.807) is 0 Å². The van der Waals surface area contributed by atoms with Crippen molar-refractivity contribution in [3.63, 3.8) is 0 Å². The van der Waals surface area contributed by atoms with Crippen LogP contribution in [-0.4, -0.2) is 17.5 Å². The van der Waals surface area contributed by atoms with Gasteiger partial charge in [0.25, 0.3) is 0 Å². The Kier molecular flexibility index (Phi) is 3.73. The topological polar surface area (TPSA) is 37.3 Å². The third-order valence-corrected chi connectivity index (χ3v) is 0.991. The van der Waals surface area contributed by atoms with Crippen LogP contribution in [0.25, 0.3) is 0 Å². The minimum Gasteiger partial charge on any atom is -0.391 e. The molecule has 0 aromatic rings. The fourth-order valence-corrected chi connectivity index (χ4v) is 0.589. The van der Waals surface area contributed by atoms with Gasteiger partial charge in [0.1, 0.15) is 0 Å². The molecule has 0 radical (unpaired) electrons. The summed E-state index contributed by atoms with van der Waals surface area (Å²) in [5.41, 5.74) is 0. The van der Waals surface area contributed by atoms with Crippen molar-refractivity contribution in [1.82, 2.24) is 0 Å². The van der Waals surface area contributed by atoms with Gasteiger partial charge < -0.3 is 5.11 Å². The van der Waals surface area contributed by atoms with Crippen LogP contribution in [0.1, 0.15) is 6.92 Å². The first-order chi connectivity index (χ1) is 3.66. The number of halogens is 1. The maximum Gasteiger partial charge on any atom is 0.153 e. The predicted molar refractivity (Wildman–Crippen MR) is 34.8 cm³/mol. The fourth-order valence-electron chi connectivity index (χ4n) is 0.266. The third-order valence-electron chi connectivity index (χ3n) is 0.511. The van der Waals surface area contributed by atoms with Crippen molar-refractivity contribution in [2.45, 2.75) is 6.92 Å². The summed E-state index contributed by atoms with van der Waals surface area (Å²) >= 11 is 2.97. The molecule has 0 heterocycles. The third kappa shape index (κ3) is 4.02. The van der Waals surface area contributed by atoms with Gasteiger partial charge in [-0.05, 0) is 13.0 Å². The number of ketones is 1. The lowest BCUT2D eigenvalue weighted by Gasteiger charge is -1.85. The molecule has 0 aromatic heterocycles. The highest BCUT2D eigenvalue weighted by Gasteiger charge is 1.88. The number of carbonyl (C=O) groups is 1. The molecular weight excluding hydrogens is 172 g/mol. The van der Waals surface area contributed by atoms with Gasteiger partial charge in [-0.3, -0.25) is 4.79 Å². The van der Waals surface area contributed by atoms with Gasteiger partial charge in [0.05, 0.1) is 6.61 Å². The van der Waals surface area contributed by atoms with Crippen LogP contribution in [0.3, 0.4) is 0 Å². The number of aliphatic hydroxyl groups excluding tert-OH is 1. The van der Waals surface area contributed by atoms with E-state index in [1.807, 2.05) is 0 Å². The molecule has 0 aliphatic carbocycles. The van der Waals surface area contributed by atoms with Crippen molar-refractivity contribution >= 4 is 21.7 Å². The van der Waals surface area contributed by atoms with E-state index in [-0.39, 0.29) is 12.4 Å². The van der Waals surface area contributed by atoms with E-state index in [9.17, 15) is 4.79 Å². The van der Waals surface area contributed by atoms with Gasteiger partial charge in [0.15, 0.2) is 5.78 Å². The molecule has 0 fully saturated rings. The van der Waals surface area contributed by atoms with E-state index in [2.05, 4.69) is 15.9 Å². The molecule has 8 heavy (non-hydrogen) atoms. The normalized spacial score (nSPS) is 11.6. The van der Waals surface area contributed by atoms with E-state index >= 15 is 0 Å². The molecule has 46 valence electrons. The van der Waals surface area contributed by atoms with Crippen LogP contribution in [0.4, 0.5) is 0 Å². The first-order valence-electron chi connectivity index (χ1n) is 2.14. The molecule has 0 unspecified atom stereocenters. The van der Waals surface area contributed by atoms with Crippen molar-refractivity contribution in [3.8, 4) is 0 Å². The van der Waals surface area contributed by atoms with Crippen LogP contribution in [-0.2, 0) is 4.79 Å². The molecule has 0 spiro atoms. The van der Waals surface area contributed by atoms with Crippen molar-refractivity contribution in [2.24, 2.45) is 0 Å². The summed E-state index contributed by atoms with van der Waals surface area (Å²) in [6.07, 6.45) is 1.33. The van der Waals surface area contributed by atoms with Crippen molar-refractivity contribution in [3.05, 3.63) is 10.6 Å². The summed E-state index contributed by atoms with van der Waals surface area (Å²) < 4.78 is 0.519. The van der Waals surface area contributed by atoms with E-state index < -0.39 is 0 Å². The largest absolute Gasteiger partial charge is 0.391 e. The van der Waals surface area contributed by atoms with Gasteiger partial charge in [0, 0.05) is 4.48 Å². The maximum absolute atomic E-state index is 10.2. The highest BCUT2D eigenvalue weighted by Crippen LogP contribution is 2.01. The summed E-state index contributed by atoms with van der Waals surface area (Å²) in [6, 6.07) is 0. The standard InChI is InChI=1S/C5H7BrO2/c1-4(8)2-5(6)3-7/h2,7H,3H2,1H3. The summed E-state index contributed by atoms with van der Waals surface area (Å²) in [7, 11) is 0. The lowest BCUT2D eigenvalue weighted by molar-refractivity contribution is -0.112. The van der Waals surface area contributed by atoms with Gasteiger partial charge in [-0.1, -0.05) is 15.9 Å². The minimum absolute atomic E-state index is 0.0640. The van der Waals surface area contributed by atoms with E-state index in [0.29, 0.717) is 4.48 Å². The fraction of sp³-hybridized carbons (Fsp3) is 0.400. The highest BCUT2D eigenvalue weighted by molar-refractivity contribution is 9.11. The van der Waals surface area contributed by atoms with E-state index in [0.717, 1.165) is 0 Å². The average molecular weight is 179 g/mol. The Balaban J connectivity index is 3.75. The van der Waals surface area contributed by atoms with Crippen LogP contribution >= 0.6 is 15.9 Å². The Labute approximate surface area is 56.3 Å². The van der Waals surface area contributed by atoms with Gasteiger partial charge in [-0.15, -0.1) is 0 Å². The van der Waals surface area contributed by atoms with Crippen LogP contribution in [0, 0.1) is 0 Å². The molecule has 2 nitrogen and oxygen atoms in total. The van der Waals surface area contributed by atoms with E-state index in [4.69, 9.17) is 5.11 Å². The quantitative estimate of drug-likeness (QED) is 0.638. The Morgan fingerprint density at radius 3 is 2.50 bits per heavy atom. The molecule has 0 aromatic carbocycles. The van der Waals surface area contributed by atoms with E-state index in [1.165, 1.54) is 13.0 Å². The monoisotopic (exact) mass is 178 g/mol. The lowest BCUT2D eigenvalue weighted by Crippen LogP contribution is -1.86. The molecule has 0 aliphatic rings. The number of hydrogen-bond donors (Lipinski definition) is 1. The smallest absolute Gasteiger partial charge is 0.153 e. The molecule has 0 atom stereocenters. The SMILES string of the molecule is CC(=O)C=C(Br)CO. The zero-order chi connectivity index (χ0) is 6.57. The second-order valence-corrected chi connectivity index (χ2v) is 2.38. The van der Waals surface area contributed by atoms with Crippen LogP contribution in [0.15, 0.2) is 10.6 Å². The summed E-state index contributed by atoms with van der Waals surface area (Å²) in [6.45, 7) is 1.32. The summed E-state index contributed by atoms with van der Waals surface area (Å²) in [5.74, 6) is -0.0640. The van der Waals surface area contributed by atoms with Gasteiger partial charge in [-0.25, -0.2) is 0 Å². The molecule has 0 saturated heterocycles. The molecule has 1 N–H and O–H groups in total. The highest BCUT2D eigenvalue weighted by atomic mass is 79.9. The number of carbonyl (C=O) groups excluding carboxylic acids is 1. The van der Waals surface area contributed by atoms with Crippen molar-refractivity contribution < 1.29 is 9.90 Å². The number of hydrogen-bond acceptors (Lipinski definition) is 2. The van der Waals surface area contributed by atoms with Crippen LogP contribution < -0.4 is 0 Å². The Morgan fingerprint density at radius 1 is 1.88 bits per heavy atom. The van der Waals surface area contributed by atoms with Crippen molar-refractivity contribution in [2.75, 3.05) is 6.61 Å². The number of rotatable bonds is 2. The number of allylic oxidation sites excluding steroid dienone is 1. The van der Waals surface area contributed by atoms with Crippen molar-refractivity contribution in [1.29, 1.82) is 0 Å². The van der Waals surface area contributed by atoms with Gasteiger partial charge >= 0.3 is 0 Å². The molecule has 0 amide bonds. The molecule has 3 heteroatoms. The first-order valence-corrected chi connectivity index (χ1v) is 2.93. The van der Waals surface area contributed by atoms with Crippen LogP contribution in [0.5, 0.6) is 0 Å².